The number of amides is 2. The summed E-state index contributed by atoms with van der Waals surface area (Å²) in [6.45, 7) is 5.44. The quantitative estimate of drug-likeness (QED) is 0.179. The summed E-state index contributed by atoms with van der Waals surface area (Å²) in [7, 11) is -4.18. The Hall–Kier alpha value is -4.34. The summed E-state index contributed by atoms with van der Waals surface area (Å²) in [6.07, 6.45) is 0.732. The van der Waals surface area contributed by atoms with Crippen molar-refractivity contribution in [2.45, 2.75) is 44.7 Å². The molecule has 4 aromatic rings. The third kappa shape index (κ3) is 8.39. The molecule has 0 heterocycles. The van der Waals surface area contributed by atoms with Gasteiger partial charge in [0.1, 0.15) is 24.1 Å². The molecule has 0 fully saturated rings. The van der Waals surface area contributed by atoms with E-state index < -0.39 is 28.5 Å². The minimum Gasteiger partial charge on any atom is -0.457 e. The molecule has 4 aromatic carbocycles. The van der Waals surface area contributed by atoms with E-state index in [-0.39, 0.29) is 23.0 Å². The maximum Gasteiger partial charge on any atom is 0.264 e. The Labute approximate surface area is 264 Å². The van der Waals surface area contributed by atoms with Gasteiger partial charge in [0, 0.05) is 18.1 Å². The van der Waals surface area contributed by atoms with Gasteiger partial charge in [0.25, 0.3) is 10.0 Å². The zero-order chi connectivity index (χ0) is 31.7. The van der Waals surface area contributed by atoms with Gasteiger partial charge < -0.3 is 15.0 Å². The van der Waals surface area contributed by atoms with Gasteiger partial charge in [-0.05, 0) is 86.5 Å². The van der Waals surface area contributed by atoms with Crippen LogP contribution in [0, 0.1) is 6.92 Å². The van der Waals surface area contributed by atoms with Gasteiger partial charge in [-0.15, -0.1) is 0 Å². The van der Waals surface area contributed by atoms with E-state index in [9.17, 15) is 18.0 Å². The first-order valence-corrected chi connectivity index (χ1v) is 16.1. The lowest BCUT2D eigenvalue weighted by molar-refractivity contribution is -0.139. The zero-order valence-electron chi connectivity index (χ0n) is 24.9. The largest absolute Gasteiger partial charge is 0.457 e. The molecule has 0 aliphatic carbocycles. The highest BCUT2D eigenvalue weighted by Gasteiger charge is 2.32. The highest BCUT2D eigenvalue weighted by Crippen LogP contribution is 2.29. The number of aryl methyl sites for hydroxylation is 1. The number of nitrogens with one attached hydrogen (secondary N) is 1. The standard InChI is InChI=1S/C34H36ClN3O5S/c1-4-22-36-34(40)26(3)37(23-27-12-14-28(35)15-13-27)33(39)24-38(44(41,42)32-20-10-25(2)11-21-32)29-16-18-31(19-17-29)43-30-8-6-5-7-9-30/h5-21,26H,4,22-24H2,1-3H3,(H,36,40)/t26-/m1/s1. The number of benzene rings is 4. The number of hydrogen-bond acceptors (Lipinski definition) is 5. The minimum absolute atomic E-state index is 0.0403. The van der Waals surface area contributed by atoms with E-state index in [1.54, 1.807) is 67.6 Å². The lowest BCUT2D eigenvalue weighted by Crippen LogP contribution is -2.51. The summed E-state index contributed by atoms with van der Waals surface area (Å²) in [5.74, 6) is 0.265. The lowest BCUT2D eigenvalue weighted by Gasteiger charge is -2.32. The third-order valence-electron chi connectivity index (χ3n) is 6.97. The van der Waals surface area contributed by atoms with E-state index in [0.29, 0.717) is 23.1 Å². The number of nitrogens with zero attached hydrogens (tertiary/aromatic N) is 2. The van der Waals surface area contributed by atoms with Crippen molar-refractivity contribution in [1.29, 1.82) is 0 Å². The fourth-order valence-corrected chi connectivity index (χ4v) is 5.98. The molecule has 0 saturated heterocycles. The normalized spacial score (nSPS) is 11.8. The Balaban J connectivity index is 1.69. The van der Waals surface area contributed by atoms with Gasteiger partial charge in [0.05, 0.1) is 10.6 Å². The molecule has 0 radical (unpaired) electrons. The summed E-state index contributed by atoms with van der Waals surface area (Å²) in [6, 6.07) is 28.2. The van der Waals surface area contributed by atoms with Crippen LogP contribution in [0.2, 0.25) is 5.02 Å². The van der Waals surface area contributed by atoms with Crippen molar-refractivity contribution in [1.82, 2.24) is 10.2 Å². The van der Waals surface area contributed by atoms with Gasteiger partial charge in [0.15, 0.2) is 0 Å². The Morgan fingerprint density at radius 1 is 0.864 bits per heavy atom. The molecule has 44 heavy (non-hydrogen) atoms. The van der Waals surface area contributed by atoms with Crippen LogP contribution < -0.4 is 14.4 Å². The van der Waals surface area contributed by atoms with E-state index in [1.165, 1.54) is 17.0 Å². The fraction of sp³-hybridized carbons (Fsp3) is 0.235. The second-order valence-corrected chi connectivity index (χ2v) is 12.6. The Kier molecular flexibility index (Phi) is 11.0. The number of anilines is 1. The van der Waals surface area contributed by atoms with Gasteiger partial charge in [-0.3, -0.25) is 13.9 Å². The predicted octanol–water partition coefficient (Wildman–Crippen LogP) is 6.58. The van der Waals surface area contributed by atoms with Gasteiger partial charge >= 0.3 is 0 Å². The van der Waals surface area contributed by atoms with E-state index >= 15 is 0 Å². The molecular formula is C34H36ClN3O5S. The molecule has 0 aromatic heterocycles. The second kappa shape index (κ2) is 14.9. The molecule has 1 atom stereocenters. The van der Waals surface area contributed by atoms with E-state index in [0.717, 1.165) is 21.9 Å². The highest BCUT2D eigenvalue weighted by molar-refractivity contribution is 7.92. The predicted molar refractivity (Wildman–Crippen MR) is 173 cm³/mol. The molecular weight excluding hydrogens is 598 g/mol. The monoisotopic (exact) mass is 633 g/mol. The summed E-state index contributed by atoms with van der Waals surface area (Å²) in [5, 5.41) is 3.37. The molecule has 0 spiro atoms. The highest BCUT2D eigenvalue weighted by atomic mass is 35.5. The van der Waals surface area contributed by atoms with E-state index in [1.807, 2.05) is 44.2 Å². The third-order valence-corrected chi connectivity index (χ3v) is 9.01. The minimum atomic E-state index is -4.18. The number of hydrogen-bond donors (Lipinski definition) is 1. The van der Waals surface area contributed by atoms with Crippen LogP contribution in [-0.4, -0.2) is 44.3 Å². The van der Waals surface area contributed by atoms with Gasteiger partial charge in [-0.2, -0.15) is 0 Å². The fourth-order valence-electron chi connectivity index (χ4n) is 4.44. The maximum absolute atomic E-state index is 14.0. The first-order valence-electron chi connectivity index (χ1n) is 14.3. The molecule has 1 N–H and O–H groups in total. The van der Waals surface area contributed by atoms with Crippen LogP contribution in [0.1, 0.15) is 31.4 Å². The Bertz CT molecular complexity index is 1650. The summed E-state index contributed by atoms with van der Waals surface area (Å²) >= 11 is 6.07. The topological polar surface area (TPSA) is 96.0 Å². The number of halogens is 1. The van der Waals surface area contributed by atoms with Crippen LogP contribution in [0.3, 0.4) is 0 Å². The summed E-state index contributed by atoms with van der Waals surface area (Å²) in [4.78, 5) is 28.5. The molecule has 0 unspecified atom stereocenters. The number of para-hydroxylation sites is 1. The van der Waals surface area contributed by atoms with Crippen LogP contribution in [0.4, 0.5) is 5.69 Å². The van der Waals surface area contributed by atoms with Crippen LogP contribution in [0.5, 0.6) is 11.5 Å². The van der Waals surface area contributed by atoms with Crippen LogP contribution >= 0.6 is 11.6 Å². The average Bonchev–Trinajstić information content (AvgIpc) is 3.03. The molecule has 0 aliphatic rings. The van der Waals surface area contributed by atoms with Crippen molar-refractivity contribution in [3.05, 3.63) is 119 Å². The summed E-state index contributed by atoms with van der Waals surface area (Å²) in [5.41, 5.74) is 1.91. The zero-order valence-corrected chi connectivity index (χ0v) is 26.5. The van der Waals surface area contributed by atoms with Crippen LogP contribution in [0.25, 0.3) is 0 Å². The Morgan fingerprint density at radius 2 is 1.48 bits per heavy atom. The average molecular weight is 634 g/mol. The molecule has 230 valence electrons. The number of ether oxygens (including phenoxy) is 1. The molecule has 8 nitrogen and oxygen atoms in total. The van der Waals surface area contributed by atoms with Crippen molar-refractivity contribution in [3.8, 4) is 11.5 Å². The van der Waals surface area contributed by atoms with Crippen molar-refractivity contribution in [3.63, 3.8) is 0 Å². The summed E-state index contributed by atoms with van der Waals surface area (Å²) < 4.78 is 35.0. The molecule has 4 rings (SSSR count). The molecule has 10 heteroatoms. The number of carbonyl (C=O) groups is 2. The number of rotatable bonds is 13. The van der Waals surface area contributed by atoms with Gasteiger partial charge in [-0.25, -0.2) is 8.42 Å². The SMILES string of the molecule is CCCNC(=O)[C@@H](C)N(Cc1ccc(Cl)cc1)C(=O)CN(c1ccc(Oc2ccccc2)cc1)S(=O)(=O)c1ccc(C)cc1. The van der Waals surface area contributed by atoms with Crippen molar-refractivity contribution < 1.29 is 22.7 Å². The Morgan fingerprint density at radius 3 is 2.09 bits per heavy atom. The van der Waals surface area contributed by atoms with Gasteiger partial charge in [-0.1, -0.05) is 66.6 Å². The van der Waals surface area contributed by atoms with Gasteiger partial charge in [0.2, 0.25) is 11.8 Å². The number of sulfonamides is 1. The molecule has 0 saturated carbocycles. The lowest BCUT2D eigenvalue weighted by atomic mass is 10.1. The van der Waals surface area contributed by atoms with Crippen LogP contribution in [0.15, 0.2) is 108 Å². The van der Waals surface area contributed by atoms with Crippen LogP contribution in [-0.2, 0) is 26.2 Å². The van der Waals surface area contributed by atoms with E-state index in [4.69, 9.17) is 16.3 Å². The molecule has 0 aliphatic heterocycles. The first kappa shape index (κ1) is 32.6. The first-order chi connectivity index (χ1) is 21.1. The van der Waals surface area contributed by atoms with Crippen molar-refractivity contribution >= 4 is 39.1 Å². The van der Waals surface area contributed by atoms with Crippen molar-refractivity contribution in [2.24, 2.45) is 0 Å². The molecule has 0 bridgehead atoms. The molecule has 2 amide bonds. The smallest absolute Gasteiger partial charge is 0.264 e. The van der Waals surface area contributed by atoms with Crippen molar-refractivity contribution in [2.75, 3.05) is 17.4 Å². The maximum atomic E-state index is 14.0. The number of carbonyl (C=O) groups excluding carboxylic acids is 2. The van der Waals surface area contributed by atoms with E-state index in [2.05, 4.69) is 5.32 Å². The second-order valence-electron chi connectivity index (χ2n) is 10.3.